The molecule has 2 aromatic heterocycles. The molecule has 7 nitrogen and oxygen atoms in total. The first kappa shape index (κ1) is 21.8. The first-order valence-corrected chi connectivity index (χ1v) is 11.3. The van der Waals surface area contributed by atoms with Crippen molar-refractivity contribution in [3.63, 3.8) is 0 Å². The molecule has 0 radical (unpaired) electrons. The average Bonchev–Trinajstić information content (AvgIpc) is 3.38. The zero-order chi connectivity index (χ0) is 23.5. The summed E-state index contributed by atoms with van der Waals surface area (Å²) in [5, 5.41) is 4.28. The second kappa shape index (κ2) is 9.43. The van der Waals surface area contributed by atoms with Gasteiger partial charge in [0.05, 0.1) is 18.3 Å². The number of rotatable bonds is 5. The molecule has 0 bridgehead atoms. The van der Waals surface area contributed by atoms with Crippen LogP contribution in [0.4, 0.5) is 10.3 Å². The van der Waals surface area contributed by atoms with Crippen molar-refractivity contribution in [2.75, 3.05) is 12.3 Å². The number of nitrogens with two attached hydrogens (primary N) is 1. The quantitative estimate of drug-likeness (QED) is 0.478. The molecule has 2 aromatic carbocycles. The van der Waals surface area contributed by atoms with E-state index < -0.39 is 0 Å². The molecule has 0 aliphatic carbocycles. The standard InChI is InChI=1S/C26H25FN6O/c27-20-11-9-18(10-12-20)22-16-29-26(28)31-24(22)23-8-3-4-15-33(23)25(34)21-7-2-1-6-19(21)17-32-14-5-13-30-32/h1-2,5-7,9-14,16,23H,3-4,8,15,17H2,(H2,28,29,31). The lowest BCUT2D eigenvalue weighted by atomic mass is 9.92. The molecule has 4 aromatic rings. The molecule has 1 fully saturated rings. The van der Waals surface area contributed by atoms with E-state index in [1.165, 1.54) is 12.1 Å². The summed E-state index contributed by atoms with van der Waals surface area (Å²) in [4.78, 5) is 24.5. The normalized spacial score (nSPS) is 15.9. The number of anilines is 1. The van der Waals surface area contributed by atoms with E-state index in [9.17, 15) is 9.18 Å². The summed E-state index contributed by atoms with van der Waals surface area (Å²) in [6, 6.07) is 15.4. The van der Waals surface area contributed by atoms with Crippen LogP contribution >= 0.6 is 0 Å². The van der Waals surface area contributed by atoms with E-state index in [0.717, 1.165) is 36.0 Å². The van der Waals surface area contributed by atoms with E-state index in [0.29, 0.717) is 24.3 Å². The molecule has 3 heterocycles. The van der Waals surface area contributed by atoms with Crippen molar-refractivity contribution in [2.24, 2.45) is 0 Å². The number of likely N-dealkylation sites (tertiary alicyclic amines) is 1. The van der Waals surface area contributed by atoms with Gasteiger partial charge >= 0.3 is 0 Å². The summed E-state index contributed by atoms with van der Waals surface area (Å²) in [5.41, 5.74) is 9.76. The Kier molecular flexibility index (Phi) is 6.03. The van der Waals surface area contributed by atoms with E-state index in [1.54, 1.807) is 29.2 Å². The Morgan fingerprint density at radius 2 is 1.91 bits per heavy atom. The van der Waals surface area contributed by atoms with E-state index >= 15 is 0 Å². The number of halogens is 1. The summed E-state index contributed by atoms with van der Waals surface area (Å²) >= 11 is 0. The minimum absolute atomic E-state index is 0.0466. The number of aromatic nitrogens is 4. The number of carbonyl (C=O) groups is 1. The number of benzene rings is 2. The highest BCUT2D eigenvalue weighted by Gasteiger charge is 2.32. The molecule has 1 saturated heterocycles. The van der Waals surface area contributed by atoms with Crippen LogP contribution in [0.3, 0.4) is 0 Å². The van der Waals surface area contributed by atoms with Gasteiger partial charge in [-0.2, -0.15) is 5.10 Å². The molecule has 5 rings (SSSR count). The van der Waals surface area contributed by atoms with E-state index in [1.807, 2.05) is 41.4 Å². The Labute approximate surface area is 197 Å². The van der Waals surface area contributed by atoms with Crippen molar-refractivity contribution in [2.45, 2.75) is 31.8 Å². The van der Waals surface area contributed by atoms with Crippen molar-refractivity contribution in [3.05, 3.63) is 95.8 Å². The Hall–Kier alpha value is -4.07. The third-order valence-electron chi connectivity index (χ3n) is 6.21. The van der Waals surface area contributed by atoms with Crippen LogP contribution in [0, 0.1) is 5.82 Å². The van der Waals surface area contributed by atoms with Crippen LogP contribution in [-0.2, 0) is 6.54 Å². The van der Waals surface area contributed by atoms with Crippen LogP contribution in [-0.4, -0.2) is 37.1 Å². The molecule has 34 heavy (non-hydrogen) atoms. The summed E-state index contributed by atoms with van der Waals surface area (Å²) < 4.78 is 15.3. The van der Waals surface area contributed by atoms with Crippen LogP contribution in [0.2, 0.25) is 0 Å². The first-order valence-electron chi connectivity index (χ1n) is 11.3. The van der Waals surface area contributed by atoms with Gasteiger partial charge < -0.3 is 10.6 Å². The second-order valence-electron chi connectivity index (χ2n) is 8.40. The van der Waals surface area contributed by atoms with Gasteiger partial charge in [-0.05, 0) is 54.7 Å². The van der Waals surface area contributed by atoms with Gasteiger partial charge in [0, 0.05) is 36.3 Å². The first-order chi connectivity index (χ1) is 16.6. The van der Waals surface area contributed by atoms with Gasteiger partial charge in [0.1, 0.15) is 5.82 Å². The molecular weight excluding hydrogens is 431 g/mol. The van der Waals surface area contributed by atoms with Gasteiger partial charge in [-0.25, -0.2) is 14.4 Å². The highest BCUT2D eigenvalue weighted by Crippen LogP contribution is 2.37. The maximum atomic E-state index is 13.9. The van der Waals surface area contributed by atoms with Crippen molar-refractivity contribution in [3.8, 4) is 11.1 Å². The highest BCUT2D eigenvalue weighted by atomic mass is 19.1. The van der Waals surface area contributed by atoms with Gasteiger partial charge in [0.15, 0.2) is 0 Å². The number of amides is 1. The maximum Gasteiger partial charge on any atom is 0.254 e. The maximum absolute atomic E-state index is 13.9. The third kappa shape index (κ3) is 4.39. The zero-order valence-corrected chi connectivity index (χ0v) is 18.6. The predicted molar refractivity (Wildman–Crippen MR) is 127 cm³/mol. The topological polar surface area (TPSA) is 89.9 Å². The molecule has 0 spiro atoms. The molecule has 1 aliphatic heterocycles. The highest BCUT2D eigenvalue weighted by molar-refractivity contribution is 5.96. The van der Waals surface area contributed by atoms with Gasteiger partial charge in [0.25, 0.3) is 5.91 Å². The van der Waals surface area contributed by atoms with Crippen LogP contribution in [0.25, 0.3) is 11.1 Å². The van der Waals surface area contributed by atoms with Crippen molar-refractivity contribution >= 4 is 11.9 Å². The molecule has 1 unspecified atom stereocenters. The Bertz CT molecular complexity index is 1290. The Balaban J connectivity index is 1.53. The van der Waals surface area contributed by atoms with Crippen LogP contribution in [0.5, 0.6) is 0 Å². The number of nitrogen functional groups attached to an aromatic ring is 1. The minimum atomic E-state index is -0.315. The average molecular weight is 457 g/mol. The summed E-state index contributed by atoms with van der Waals surface area (Å²) in [7, 11) is 0. The summed E-state index contributed by atoms with van der Waals surface area (Å²) in [6.45, 7) is 1.13. The van der Waals surface area contributed by atoms with E-state index in [-0.39, 0.29) is 23.7 Å². The number of piperidine rings is 1. The van der Waals surface area contributed by atoms with Crippen LogP contribution in [0.15, 0.2) is 73.2 Å². The van der Waals surface area contributed by atoms with Gasteiger partial charge in [-0.3, -0.25) is 9.48 Å². The molecular formula is C26H25FN6O. The SMILES string of the molecule is Nc1ncc(-c2ccc(F)cc2)c(C2CCCCN2C(=O)c2ccccc2Cn2cccn2)n1. The number of nitrogens with zero attached hydrogens (tertiary/aromatic N) is 5. The van der Waals surface area contributed by atoms with Crippen molar-refractivity contribution < 1.29 is 9.18 Å². The van der Waals surface area contributed by atoms with Crippen LogP contribution in [0.1, 0.15) is 46.9 Å². The number of carbonyl (C=O) groups excluding carboxylic acids is 1. The van der Waals surface area contributed by atoms with Gasteiger partial charge in [0.2, 0.25) is 5.95 Å². The monoisotopic (exact) mass is 456 g/mol. The number of hydrogen-bond acceptors (Lipinski definition) is 5. The van der Waals surface area contributed by atoms with Crippen LogP contribution < -0.4 is 5.73 Å². The lowest BCUT2D eigenvalue weighted by Gasteiger charge is -2.36. The molecule has 172 valence electrons. The molecule has 8 heteroatoms. The fourth-order valence-corrected chi connectivity index (χ4v) is 4.56. The Morgan fingerprint density at radius 3 is 2.71 bits per heavy atom. The summed E-state index contributed by atoms with van der Waals surface area (Å²) in [5.74, 6) is -0.211. The fraction of sp³-hybridized carbons (Fsp3) is 0.231. The second-order valence-corrected chi connectivity index (χ2v) is 8.40. The third-order valence-corrected chi connectivity index (χ3v) is 6.21. The number of hydrogen-bond donors (Lipinski definition) is 1. The zero-order valence-electron chi connectivity index (χ0n) is 18.6. The predicted octanol–water partition coefficient (Wildman–Crippen LogP) is 4.48. The molecule has 0 saturated carbocycles. The lowest BCUT2D eigenvalue weighted by Crippen LogP contribution is -2.39. The van der Waals surface area contributed by atoms with Crippen molar-refractivity contribution in [1.29, 1.82) is 0 Å². The van der Waals surface area contributed by atoms with E-state index in [2.05, 4.69) is 15.1 Å². The van der Waals surface area contributed by atoms with Crippen molar-refractivity contribution in [1.82, 2.24) is 24.6 Å². The molecule has 2 N–H and O–H groups in total. The summed E-state index contributed by atoms with van der Waals surface area (Å²) in [6.07, 6.45) is 7.91. The van der Waals surface area contributed by atoms with Gasteiger partial charge in [-0.1, -0.05) is 30.3 Å². The largest absolute Gasteiger partial charge is 0.368 e. The van der Waals surface area contributed by atoms with Gasteiger partial charge in [-0.15, -0.1) is 0 Å². The Morgan fingerprint density at radius 1 is 1.09 bits per heavy atom. The molecule has 1 aliphatic rings. The minimum Gasteiger partial charge on any atom is -0.368 e. The van der Waals surface area contributed by atoms with E-state index in [4.69, 9.17) is 5.73 Å². The lowest BCUT2D eigenvalue weighted by molar-refractivity contribution is 0.0605. The molecule has 1 atom stereocenters. The smallest absolute Gasteiger partial charge is 0.254 e. The fourth-order valence-electron chi connectivity index (χ4n) is 4.56. The molecule has 1 amide bonds.